The summed E-state index contributed by atoms with van der Waals surface area (Å²) in [6.07, 6.45) is 0. The maximum absolute atomic E-state index is 12.1. The van der Waals surface area contributed by atoms with Crippen LogP contribution in [0.3, 0.4) is 0 Å². The molecule has 0 aliphatic carbocycles. The van der Waals surface area contributed by atoms with Crippen molar-refractivity contribution in [3.05, 3.63) is 56.6 Å². The molecule has 0 bridgehead atoms. The smallest absolute Gasteiger partial charge is 0.236 e. The Morgan fingerprint density at radius 1 is 1.20 bits per heavy atom. The lowest BCUT2D eigenvalue weighted by molar-refractivity contribution is 0.600. The van der Waals surface area contributed by atoms with Crippen LogP contribution in [0, 0.1) is 3.57 Å². The number of hydrogen-bond donors (Lipinski definition) is 2. The summed E-state index contributed by atoms with van der Waals surface area (Å²) in [5.41, 5.74) is 7.33. The van der Waals surface area contributed by atoms with Gasteiger partial charge in [0, 0.05) is 14.3 Å². The Morgan fingerprint density at radius 3 is 2.60 bits per heavy atom. The molecule has 0 aliphatic heterocycles. The highest BCUT2D eigenvalue weighted by atomic mass is 127. The van der Waals surface area contributed by atoms with Crippen molar-refractivity contribution in [2.75, 3.05) is 10.5 Å². The van der Waals surface area contributed by atoms with E-state index >= 15 is 0 Å². The monoisotopic (exact) mass is 422 g/mol. The van der Waals surface area contributed by atoms with Crippen molar-refractivity contribution in [2.24, 2.45) is 0 Å². The first-order valence-corrected chi connectivity index (χ1v) is 8.76. The quantitative estimate of drug-likeness (QED) is 0.585. The van der Waals surface area contributed by atoms with Crippen molar-refractivity contribution in [3.8, 4) is 0 Å². The summed E-state index contributed by atoms with van der Waals surface area (Å²) in [5.74, 6) is -0.128. The van der Waals surface area contributed by atoms with E-state index in [0.717, 1.165) is 3.57 Å². The molecule has 0 fully saturated rings. The molecule has 0 aromatic heterocycles. The number of nitrogens with one attached hydrogen (secondary N) is 1. The predicted molar refractivity (Wildman–Crippen MR) is 91.3 cm³/mol. The van der Waals surface area contributed by atoms with Gasteiger partial charge in [-0.1, -0.05) is 23.7 Å². The fourth-order valence-corrected chi connectivity index (χ4v) is 4.07. The topological polar surface area (TPSA) is 72.2 Å². The van der Waals surface area contributed by atoms with E-state index in [9.17, 15) is 8.42 Å². The fraction of sp³-hybridized carbons (Fsp3) is 0.0769. The number of hydrogen-bond acceptors (Lipinski definition) is 3. The van der Waals surface area contributed by atoms with E-state index in [-0.39, 0.29) is 5.75 Å². The number of sulfonamides is 1. The van der Waals surface area contributed by atoms with E-state index < -0.39 is 10.0 Å². The van der Waals surface area contributed by atoms with Crippen LogP contribution in [0.2, 0.25) is 5.02 Å². The lowest BCUT2D eigenvalue weighted by Crippen LogP contribution is -2.15. The zero-order valence-corrected chi connectivity index (χ0v) is 14.0. The van der Waals surface area contributed by atoms with E-state index in [1.165, 1.54) is 0 Å². The van der Waals surface area contributed by atoms with E-state index in [1.807, 2.05) is 22.6 Å². The highest BCUT2D eigenvalue weighted by Crippen LogP contribution is 2.24. The molecule has 2 aromatic carbocycles. The van der Waals surface area contributed by atoms with Crippen LogP contribution in [0.15, 0.2) is 42.5 Å². The summed E-state index contributed by atoms with van der Waals surface area (Å²) in [6, 6.07) is 11.8. The molecular weight excluding hydrogens is 411 g/mol. The van der Waals surface area contributed by atoms with E-state index in [0.29, 0.717) is 22.0 Å². The minimum atomic E-state index is -3.49. The highest BCUT2D eigenvalue weighted by molar-refractivity contribution is 14.1. The Morgan fingerprint density at radius 2 is 1.95 bits per heavy atom. The minimum absolute atomic E-state index is 0.128. The summed E-state index contributed by atoms with van der Waals surface area (Å²) >= 11 is 7.87. The van der Waals surface area contributed by atoms with Crippen molar-refractivity contribution in [1.29, 1.82) is 0 Å². The number of nitrogens with two attached hydrogens (primary N) is 1. The Balaban J connectivity index is 2.19. The number of nitrogen functional groups attached to an aromatic ring is 1. The Labute approximate surface area is 136 Å². The molecule has 0 radical (unpaired) electrons. The van der Waals surface area contributed by atoms with Crippen molar-refractivity contribution < 1.29 is 8.42 Å². The van der Waals surface area contributed by atoms with Crippen molar-refractivity contribution in [2.45, 2.75) is 5.75 Å². The zero-order valence-electron chi connectivity index (χ0n) is 10.3. The molecule has 106 valence electrons. The largest absolute Gasteiger partial charge is 0.399 e. The molecule has 0 unspecified atom stereocenters. The molecule has 4 nitrogen and oxygen atoms in total. The van der Waals surface area contributed by atoms with Crippen molar-refractivity contribution >= 4 is 55.6 Å². The summed E-state index contributed by atoms with van der Waals surface area (Å²) in [4.78, 5) is 0. The van der Waals surface area contributed by atoms with Crippen LogP contribution < -0.4 is 10.5 Å². The third-order valence-electron chi connectivity index (χ3n) is 2.50. The molecule has 0 atom stereocenters. The molecule has 0 saturated carbocycles. The van der Waals surface area contributed by atoms with Gasteiger partial charge in [0.05, 0.1) is 11.4 Å². The first kappa shape index (κ1) is 15.4. The third-order valence-corrected chi connectivity index (χ3v) is 4.88. The first-order valence-electron chi connectivity index (χ1n) is 5.66. The molecule has 0 spiro atoms. The Hall–Kier alpha value is -0.990. The van der Waals surface area contributed by atoms with Crippen LogP contribution in [0.5, 0.6) is 0 Å². The van der Waals surface area contributed by atoms with Crippen LogP contribution in [0.25, 0.3) is 0 Å². The minimum Gasteiger partial charge on any atom is -0.399 e. The molecule has 0 saturated heterocycles. The molecule has 2 aromatic rings. The molecule has 7 heteroatoms. The zero-order chi connectivity index (χ0) is 14.8. The highest BCUT2D eigenvalue weighted by Gasteiger charge is 2.13. The number of rotatable bonds is 4. The average Bonchev–Trinajstić information content (AvgIpc) is 2.32. The summed E-state index contributed by atoms with van der Waals surface area (Å²) in [6.45, 7) is 0. The van der Waals surface area contributed by atoms with Gasteiger partial charge in [0.15, 0.2) is 0 Å². The van der Waals surface area contributed by atoms with Gasteiger partial charge in [-0.2, -0.15) is 0 Å². The van der Waals surface area contributed by atoms with Gasteiger partial charge >= 0.3 is 0 Å². The van der Waals surface area contributed by atoms with Gasteiger partial charge in [-0.05, 0) is 58.5 Å². The Kier molecular flexibility index (Phi) is 4.77. The van der Waals surface area contributed by atoms with Gasteiger partial charge in [-0.25, -0.2) is 8.42 Å². The van der Waals surface area contributed by atoms with Gasteiger partial charge in [0.2, 0.25) is 10.0 Å². The van der Waals surface area contributed by atoms with Gasteiger partial charge < -0.3 is 5.73 Å². The molecule has 0 aliphatic rings. The third kappa shape index (κ3) is 4.26. The number of benzene rings is 2. The van der Waals surface area contributed by atoms with Crippen LogP contribution >= 0.6 is 34.2 Å². The van der Waals surface area contributed by atoms with Gasteiger partial charge in [0.1, 0.15) is 0 Å². The van der Waals surface area contributed by atoms with Crippen LogP contribution in [-0.2, 0) is 15.8 Å². The molecule has 2 rings (SSSR count). The normalized spacial score (nSPS) is 11.3. The van der Waals surface area contributed by atoms with E-state index in [2.05, 4.69) is 4.72 Å². The summed E-state index contributed by atoms with van der Waals surface area (Å²) in [7, 11) is -3.49. The lowest BCUT2D eigenvalue weighted by Gasteiger charge is -2.10. The van der Waals surface area contributed by atoms with Gasteiger partial charge in [-0.15, -0.1) is 0 Å². The standard InChI is InChI=1S/C13H12ClIN2O2S/c14-10-4-5-13(12(15)7-10)17-20(18,19)8-9-2-1-3-11(16)6-9/h1-7,17H,8,16H2. The van der Waals surface area contributed by atoms with Crippen LogP contribution in [-0.4, -0.2) is 8.42 Å². The molecule has 20 heavy (non-hydrogen) atoms. The first-order chi connectivity index (χ1) is 9.35. The van der Waals surface area contributed by atoms with Crippen LogP contribution in [0.4, 0.5) is 11.4 Å². The Bertz CT molecular complexity index is 735. The summed E-state index contributed by atoms with van der Waals surface area (Å²) in [5, 5.41) is 0.563. The molecule has 3 N–H and O–H groups in total. The van der Waals surface area contributed by atoms with Crippen LogP contribution in [0.1, 0.15) is 5.56 Å². The van der Waals surface area contributed by atoms with E-state index in [1.54, 1.807) is 42.5 Å². The second-order valence-corrected chi connectivity index (χ2v) is 7.55. The van der Waals surface area contributed by atoms with Crippen molar-refractivity contribution in [3.63, 3.8) is 0 Å². The second kappa shape index (κ2) is 6.19. The predicted octanol–water partition coefficient (Wildman–Crippen LogP) is 3.47. The maximum atomic E-state index is 12.1. The van der Waals surface area contributed by atoms with E-state index in [4.69, 9.17) is 17.3 Å². The summed E-state index contributed by atoms with van der Waals surface area (Å²) < 4.78 is 27.5. The van der Waals surface area contributed by atoms with Crippen molar-refractivity contribution in [1.82, 2.24) is 0 Å². The second-order valence-electron chi connectivity index (χ2n) is 4.23. The average molecular weight is 423 g/mol. The lowest BCUT2D eigenvalue weighted by atomic mass is 10.2. The van der Waals surface area contributed by atoms with Gasteiger partial charge in [0.25, 0.3) is 0 Å². The van der Waals surface area contributed by atoms with Gasteiger partial charge in [-0.3, -0.25) is 4.72 Å². The molecular formula is C13H12ClIN2O2S. The molecule has 0 amide bonds. The molecule has 0 heterocycles. The SMILES string of the molecule is Nc1cccc(CS(=O)(=O)Nc2ccc(Cl)cc2I)c1. The fourth-order valence-electron chi connectivity index (χ4n) is 1.68. The number of anilines is 2. The number of halogens is 2. The maximum Gasteiger partial charge on any atom is 0.236 e.